The van der Waals surface area contributed by atoms with Gasteiger partial charge in [0.05, 0.1) is 11.6 Å². The Morgan fingerprint density at radius 3 is 2.38 bits per heavy atom. The van der Waals surface area contributed by atoms with Gasteiger partial charge in [-0.25, -0.2) is 4.98 Å². The Morgan fingerprint density at radius 2 is 1.76 bits per heavy atom. The smallest absolute Gasteiger partial charge is 0.345 e. The monoisotopic (exact) mass is 300 g/mol. The lowest BCUT2D eigenvalue weighted by atomic mass is 9.81. The van der Waals surface area contributed by atoms with Gasteiger partial charge in [0.15, 0.2) is 0 Å². The van der Waals surface area contributed by atoms with E-state index in [0.717, 1.165) is 24.4 Å². The molecular weight excluding hydrogens is 277 g/mol. The fourth-order valence-corrected chi connectivity index (χ4v) is 4.04. The first-order chi connectivity index (χ1) is 9.84. The van der Waals surface area contributed by atoms with Crippen LogP contribution in [0.2, 0.25) is 0 Å². The molecule has 5 heteroatoms. The van der Waals surface area contributed by atoms with E-state index in [9.17, 15) is 13.2 Å². The van der Waals surface area contributed by atoms with Crippen molar-refractivity contribution in [3.63, 3.8) is 0 Å². The molecule has 1 fully saturated rings. The summed E-state index contributed by atoms with van der Waals surface area (Å²) in [5.74, 6) is 1.11. The van der Waals surface area contributed by atoms with Crippen molar-refractivity contribution >= 4 is 0 Å². The van der Waals surface area contributed by atoms with Gasteiger partial charge in [0.25, 0.3) is 0 Å². The van der Waals surface area contributed by atoms with Crippen molar-refractivity contribution in [3.8, 4) is 0 Å². The van der Waals surface area contributed by atoms with Crippen LogP contribution < -0.4 is 0 Å². The lowest BCUT2D eigenvalue weighted by Crippen LogP contribution is -2.27. The number of nitrogens with zero attached hydrogens (tertiary/aromatic N) is 1. The molecule has 0 spiro atoms. The molecule has 2 atom stereocenters. The van der Waals surface area contributed by atoms with E-state index in [0.29, 0.717) is 24.7 Å². The third-order valence-electron chi connectivity index (χ3n) is 5.18. The topological polar surface area (TPSA) is 28.7 Å². The van der Waals surface area contributed by atoms with Crippen molar-refractivity contribution in [2.45, 2.75) is 70.4 Å². The van der Waals surface area contributed by atoms with Crippen LogP contribution in [0.25, 0.3) is 0 Å². The van der Waals surface area contributed by atoms with Gasteiger partial charge in [-0.1, -0.05) is 13.8 Å². The van der Waals surface area contributed by atoms with E-state index in [2.05, 4.69) is 18.8 Å². The fourth-order valence-electron chi connectivity index (χ4n) is 4.04. The van der Waals surface area contributed by atoms with Crippen LogP contribution in [0.1, 0.15) is 75.0 Å². The fraction of sp³-hybridized carbons (Fsp3) is 0.812. The largest absolute Gasteiger partial charge is 0.391 e. The number of halogens is 3. The van der Waals surface area contributed by atoms with Crippen LogP contribution in [0.5, 0.6) is 0 Å². The van der Waals surface area contributed by atoms with Crippen molar-refractivity contribution in [1.82, 2.24) is 9.97 Å². The number of aromatic nitrogens is 2. The molecule has 0 saturated heterocycles. The second-order valence-corrected chi connectivity index (χ2v) is 7.02. The molecule has 2 nitrogen and oxygen atoms in total. The minimum Gasteiger partial charge on any atom is -0.345 e. The first kappa shape index (κ1) is 14.9. The molecular formula is C16H23F3N2. The van der Waals surface area contributed by atoms with Gasteiger partial charge in [0, 0.05) is 17.5 Å². The number of imidazole rings is 1. The van der Waals surface area contributed by atoms with Crippen molar-refractivity contribution in [3.05, 3.63) is 17.2 Å². The second kappa shape index (κ2) is 5.33. The number of fused-ring (bicyclic) bond motifs is 1. The molecule has 1 N–H and O–H groups in total. The van der Waals surface area contributed by atoms with Gasteiger partial charge in [-0.3, -0.25) is 0 Å². The number of nitrogens with one attached hydrogen (secondary N) is 1. The molecule has 1 saturated carbocycles. The zero-order valence-electron chi connectivity index (χ0n) is 12.6. The maximum atomic E-state index is 12.7. The molecule has 2 unspecified atom stereocenters. The van der Waals surface area contributed by atoms with E-state index in [4.69, 9.17) is 4.98 Å². The third-order valence-corrected chi connectivity index (χ3v) is 5.18. The number of hydrogen-bond donors (Lipinski definition) is 1. The van der Waals surface area contributed by atoms with Crippen LogP contribution >= 0.6 is 0 Å². The van der Waals surface area contributed by atoms with Gasteiger partial charge in [0.1, 0.15) is 5.82 Å². The van der Waals surface area contributed by atoms with E-state index in [1.807, 2.05) is 0 Å². The minimum absolute atomic E-state index is 0.178. The summed E-state index contributed by atoms with van der Waals surface area (Å²) in [7, 11) is 0. The van der Waals surface area contributed by atoms with Gasteiger partial charge >= 0.3 is 6.18 Å². The average molecular weight is 300 g/mol. The Balaban J connectivity index is 1.71. The summed E-state index contributed by atoms with van der Waals surface area (Å²) in [4.78, 5) is 8.17. The second-order valence-electron chi connectivity index (χ2n) is 7.02. The highest BCUT2D eigenvalue weighted by molar-refractivity contribution is 5.23. The van der Waals surface area contributed by atoms with E-state index in [-0.39, 0.29) is 18.8 Å². The number of hydrogen-bond acceptors (Lipinski definition) is 1. The highest BCUT2D eigenvalue weighted by Crippen LogP contribution is 2.43. The van der Waals surface area contributed by atoms with Gasteiger partial charge in [-0.2, -0.15) is 13.2 Å². The summed E-state index contributed by atoms with van der Waals surface area (Å²) in [6.45, 7) is 4.44. The van der Waals surface area contributed by atoms with E-state index in [1.54, 1.807) is 0 Å². The Hall–Kier alpha value is -1.00. The average Bonchev–Trinajstić information content (AvgIpc) is 2.82. The van der Waals surface area contributed by atoms with Crippen molar-refractivity contribution in [2.75, 3.05) is 0 Å². The summed E-state index contributed by atoms with van der Waals surface area (Å²) in [5.41, 5.74) is 2.37. The first-order valence-electron chi connectivity index (χ1n) is 8.00. The Kier molecular flexibility index (Phi) is 3.78. The summed E-state index contributed by atoms with van der Waals surface area (Å²) in [6, 6.07) is 0. The summed E-state index contributed by atoms with van der Waals surface area (Å²) < 4.78 is 38.2. The van der Waals surface area contributed by atoms with Crippen LogP contribution in [0.15, 0.2) is 0 Å². The summed E-state index contributed by atoms with van der Waals surface area (Å²) in [5, 5.41) is 0. The molecule has 3 rings (SSSR count). The zero-order chi connectivity index (χ0) is 15.2. The molecule has 0 aromatic carbocycles. The highest BCUT2D eigenvalue weighted by Gasteiger charge is 2.42. The zero-order valence-corrected chi connectivity index (χ0v) is 12.6. The first-order valence-corrected chi connectivity index (χ1v) is 8.00. The Labute approximate surface area is 123 Å². The molecule has 1 aromatic rings. The van der Waals surface area contributed by atoms with Crippen LogP contribution in [-0.2, 0) is 6.42 Å². The molecule has 1 heterocycles. The number of H-pyrrole nitrogens is 1. The molecule has 1 aromatic heterocycles. The standard InChI is InChI=1S/C16H23F3N2/c1-9-7-10(2)14-13(8-9)20-15(21-14)11-3-5-12(6-4-11)16(17,18)19/h9-12H,3-8H2,1-2H3,(H,20,21). The molecule has 0 aliphatic heterocycles. The van der Waals surface area contributed by atoms with Gasteiger partial charge in [0.2, 0.25) is 0 Å². The Morgan fingerprint density at radius 1 is 1.10 bits per heavy atom. The molecule has 118 valence electrons. The number of alkyl halides is 3. The quantitative estimate of drug-likeness (QED) is 0.782. The molecule has 21 heavy (non-hydrogen) atoms. The van der Waals surface area contributed by atoms with Crippen LogP contribution in [0.4, 0.5) is 13.2 Å². The predicted octanol–water partition coefficient (Wildman–Crippen LogP) is 4.93. The van der Waals surface area contributed by atoms with Crippen molar-refractivity contribution in [1.29, 1.82) is 0 Å². The molecule has 2 aliphatic carbocycles. The van der Waals surface area contributed by atoms with Crippen LogP contribution in [0.3, 0.4) is 0 Å². The predicted molar refractivity (Wildman–Crippen MR) is 75.2 cm³/mol. The molecule has 2 aliphatic rings. The van der Waals surface area contributed by atoms with Crippen LogP contribution in [-0.4, -0.2) is 16.1 Å². The summed E-state index contributed by atoms with van der Waals surface area (Å²) in [6.07, 6.45) is -0.183. The third kappa shape index (κ3) is 2.97. The van der Waals surface area contributed by atoms with E-state index >= 15 is 0 Å². The van der Waals surface area contributed by atoms with E-state index in [1.165, 1.54) is 5.69 Å². The molecule has 0 amide bonds. The number of aromatic amines is 1. The van der Waals surface area contributed by atoms with Gasteiger partial charge in [-0.05, 0) is 44.4 Å². The Bertz CT molecular complexity index is 498. The van der Waals surface area contributed by atoms with Crippen molar-refractivity contribution < 1.29 is 13.2 Å². The normalized spacial score (nSPS) is 33.8. The van der Waals surface area contributed by atoms with Gasteiger partial charge < -0.3 is 4.98 Å². The maximum absolute atomic E-state index is 12.7. The minimum atomic E-state index is -4.03. The molecule has 0 radical (unpaired) electrons. The van der Waals surface area contributed by atoms with Crippen LogP contribution in [0, 0.1) is 11.8 Å². The lowest BCUT2D eigenvalue weighted by Gasteiger charge is -2.28. The highest BCUT2D eigenvalue weighted by atomic mass is 19.4. The van der Waals surface area contributed by atoms with E-state index < -0.39 is 12.1 Å². The number of rotatable bonds is 1. The van der Waals surface area contributed by atoms with Crippen molar-refractivity contribution in [2.24, 2.45) is 11.8 Å². The lowest BCUT2D eigenvalue weighted by molar-refractivity contribution is -0.182. The summed E-state index contributed by atoms with van der Waals surface area (Å²) >= 11 is 0. The SMILES string of the molecule is CC1Cc2[nH]c(C3CCC(C(F)(F)F)CC3)nc2C(C)C1. The maximum Gasteiger partial charge on any atom is 0.391 e. The van der Waals surface area contributed by atoms with Gasteiger partial charge in [-0.15, -0.1) is 0 Å². The molecule has 0 bridgehead atoms.